The van der Waals surface area contributed by atoms with Crippen LogP contribution in [0.4, 0.5) is 0 Å². The van der Waals surface area contributed by atoms with Crippen LogP contribution in [0.2, 0.25) is 0 Å². The summed E-state index contributed by atoms with van der Waals surface area (Å²) >= 11 is 2.41. The van der Waals surface area contributed by atoms with Gasteiger partial charge in [-0.2, -0.15) is 0 Å². The number of halogens is 1. The molecule has 0 saturated heterocycles. The van der Waals surface area contributed by atoms with Crippen molar-refractivity contribution in [2.75, 3.05) is 11.0 Å². The van der Waals surface area contributed by atoms with Crippen LogP contribution in [0, 0.1) is 16.7 Å². The fourth-order valence-corrected chi connectivity index (χ4v) is 3.28. The van der Waals surface area contributed by atoms with E-state index in [0.29, 0.717) is 0 Å². The van der Waals surface area contributed by atoms with Crippen molar-refractivity contribution in [3.8, 4) is 0 Å². The van der Waals surface area contributed by atoms with Crippen molar-refractivity contribution < 1.29 is 4.79 Å². The predicted octanol–water partition coefficient (Wildman–Crippen LogP) is 3.78. The van der Waals surface area contributed by atoms with Crippen LogP contribution in [0.25, 0.3) is 0 Å². The van der Waals surface area contributed by atoms with Crippen LogP contribution >= 0.6 is 22.6 Å². The Bertz CT molecular complexity index is 259. The lowest BCUT2D eigenvalue weighted by molar-refractivity contribution is -0.123. The van der Waals surface area contributed by atoms with Gasteiger partial charge in [-0.1, -0.05) is 63.1 Å². The number of hydrogen-bond acceptors (Lipinski definition) is 1. The van der Waals surface area contributed by atoms with Crippen LogP contribution < -0.4 is 5.32 Å². The van der Waals surface area contributed by atoms with Gasteiger partial charge in [-0.3, -0.25) is 4.79 Å². The molecule has 0 atom stereocenters. The smallest absolute Gasteiger partial charge is 0.224 e. The second-order valence-corrected chi connectivity index (χ2v) is 7.35. The third kappa shape index (κ3) is 3.36. The molecule has 0 bridgehead atoms. The summed E-state index contributed by atoms with van der Waals surface area (Å²) in [6.45, 7) is 9.62. The summed E-state index contributed by atoms with van der Waals surface area (Å²) in [5, 5.41) is 3.09. The molecule has 2 nitrogen and oxygen atoms in total. The summed E-state index contributed by atoms with van der Waals surface area (Å²) in [7, 11) is 0. The number of carbonyl (C=O) groups is 1. The maximum absolute atomic E-state index is 12.0. The highest BCUT2D eigenvalue weighted by Gasteiger charge is 2.68. The first-order valence-corrected chi connectivity index (χ1v) is 8.22. The topological polar surface area (TPSA) is 29.1 Å². The van der Waals surface area contributed by atoms with Gasteiger partial charge >= 0.3 is 0 Å². The van der Waals surface area contributed by atoms with Crippen molar-refractivity contribution in [1.82, 2.24) is 5.32 Å². The van der Waals surface area contributed by atoms with Gasteiger partial charge in [0.2, 0.25) is 5.91 Å². The van der Waals surface area contributed by atoms with E-state index < -0.39 is 0 Å². The molecule has 1 N–H and O–H groups in total. The predicted molar refractivity (Wildman–Crippen MR) is 81.4 cm³/mol. The first-order valence-electron chi connectivity index (χ1n) is 6.69. The molecular weight excluding hydrogens is 325 g/mol. The molecule has 0 spiro atoms. The van der Waals surface area contributed by atoms with E-state index in [1.54, 1.807) is 0 Å². The fraction of sp³-hybridized carbons (Fsp3) is 0.929. The number of alkyl halides is 1. The second-order valence-electron chi connectivity index (χ2n) is 6.27. The van der Waals surface area contributed by atoms with Crippen molar-refractivity contribution >= 4 is 28.5 Å². The SMILES string of the molecule is CC1(C)C(C(=O)NCCCCCCI)C1(C)C. The monoisotopic (exact) mass is 351 g/mol. The average Bonchev–Trinajstić information content (AvgIpc) is 2.63. The van der Waals surface area contributed by atoms with Gasteiger partial charge < -0.3 is 5.32 Å². The Balaban J connectivity index is 2.15. The van der Waals surface area contributed by atoms with E-state index in [1.165, 1.54) is 23.7 Å². The Morgan fingerprint density at radius 2 is 1.59 bits per heavy atom. The largest absolute Gasteiger partial charge is 0.356 e. The number of unbranched alkanes of at least 4 members (excludes halogenated alkanes) is 3. The van der Waals surface area contributed by atoms with E-state index in [0.717, 1.165) is 13.0 Å². The summed E-state index contributed by atoms with van der Waals surface area (Å²) in [5.41, 5.74) is 0.330. The van der Waals surface area contributed by atoms with E-state index in [-0.39, 0.29) is 22.7 Å². The number of amides is 1. The van der Waals surface area contributed by atoms with E-state index in [4.69, 9.17) is 0 Å². The number of rotatable bonds is 7. The van der Waals surface area contributed by atoms with Crippen LogP contribution in [0.15, 0.2) is 0 Å². The van der Waals surface area contributed by atoms with Gasteiger partial charge in [0.15, 0.2) is 0 Å². The summed E-state index contributed by atoms with van der Waals surface area (Å²) in [5.74, 6) is 0.457. The minimum atomic E-state index is 0.165. The molecule has 0 aromatic heterocycles. The summed E-state index contributed by atoms with van der Waals surface area (Å²) in [6, 6.07) is 0. The standard InChI is InChI=1S/C14H26INO/c1-13(2)11(14(13,3)4)12(17)16-10-8-6-5-7-9-15/h11H,5-10H2,1-4H3,(H,16,17). The zero-order chi connectivity index (χ0) is 13.1. The Morgan fingerprint density at radius 1 is 1.06 bits per heavy atom. The van der Waals surface area contributed by atoms with Crippen molar-refractivity contribution in [3.05, 3.63) is 0 Å². The number of hydrogen-bond donors (Lipinski definition) is 1. The van der Waals surface area contributed by atoms with Gasteiger partial charge in [-0.05, 0) is 28.1 Å². The number of carbonyl (C=O) groups excluding carboxylic acids is 1. The molecule has 1 aliphatic rings. The molecule has 3 heteroatoms. The Labute approximate surface area is 119 Å². The molecule has 0 aromatic rings. The second kappa shape index (κ2) is 5.89. The summed E-state index contributed by atoms with van der Waals surface area (Å²) in [4.78, 5) is 12.0. The molecule has 1 amide bonds. The van der Waals surface area contributed by atoms with Gasteiger partial charge in [0.1, 0.15) is 0 Å². The van der Waals surface area contributed by atoms with Gasteiger partial charge in [-0.15, -0.1) is 0 Å². The summed E-state index contributed by atoms with van der Waals surface area (Å²) < 4.78 is 1.24. The molecule has 0 heterocycles. The van der Waals surface area contributed by atoms with Crippen molar-refractivity contribution in [1.29, 1.82) is 0 Å². The van der Waals surface area contributed by atoms with E-state index >= 15 is 0 Å². The van der Waals surface area contributed by atoms with Crippen LogP contribution in [-0.2, 0) is 4.79 Å². The van der Waals surface area contributed by atoms with Crippen LogP contribution in [0.1, 0.15) is 53.4 Å². The van der Waals surface area contributed by atoms with Gasteiger partial charge in [0, 0.05) is 12.5 Å². The van der Waals surface area contributed by atoms with Gasteiger partial charge in [-0.25, -0.2) is 0 Å². The van der Waals surface area contributed by atoms with E-state index in [2.05, 4.69) is 55.6 Å². The maximum Gasteiger partial charge on any atom is 0.224 e. The highest BCUT2D eigenvalue weighted by atomic mass is 127. The highest BCUT2D eigenvalue weighted by Crippen LogP contribution is 2.68. The van der Waals surface area contributed by atoms with Gasteiger partial charge in [0.25, 0.3) is 0 Å². The van der Waals surface area contributed by atoms with Gasteiger partial charge in [0.05, 0.1) is 0 Å². The van der Waals surface area contributed by atoms with Crippen molar-refractivity contribution in [3.63, 3.8) is 0 Å². The minimum absolute atomic E-state index is 0.165. The molecule has 1 aliphatic carbocycles. The van der Waals surface area contributed by atoms with E-state index in [1.807, 2.05) is 0 Å². The maximum atomic E-state index is 12.0. The first-order chi connectivity index (χ1) is 7.85. The lowest BCUT2D eigenvalue weighted by Crippen LogP contribution is -2.28. The molecule has 100 valence electrons. The zero-order valence-electron chi connectivity index (χ0n) is 11.6. The van der Waals surface area contributed by atoms with Crippen LogP contribution in [0.3, 0.4) is 0 Å². The van der Waals surface area contributed by atoms with Crippen LogP contribution in [-0.4, -0.2) is 16.9 Å². The van der Waals surface area contributed by atoms with Crippen molar-refractivity contribution in [2.45, 2.75) is 53.4 Å². The molecule has 1 fully saturated rings. The average molecular weight is 351 g/mol. The lowest BCUT2D eigenvalue weighted by atomic mass is 10.0. The Kier molecular flexibility index (Phi) is 5.29. The fourth-order valence-electron chi connectivity index (χ4n) is 2.74. The zero-order valence-corrected chi connectivity index (χ0v) is 13.8. The lowest BCUT2D eigenvalue weighted by Gasteiger charge is -2.06. The van der Waals surface area contributed by atoms with Crippen LogP contribution in [0.5, 0.6) is 0 Å². The first kappa shape index (κ1) is 15.3. The highest BCUT2D eigenvalue weighted by molar-refractivity contribution is 14.1. The van der Waals surface area contributed by atoms with E-state index in [9.17, 15) is 4.79 Å². The van der Waals surface area contributed by atoms with Crippen molar-refractivity contribution in [2.24, 2.45) is 16.7 Å². The molecule has 0 unspecified atom stereocenters. The third-order valence-corrected chi connectivity index (χ3v) is 5.41. The molecule has 1 saturated carbocycles. The molecule has 0 aliphatic heterocycles. The third-order valence-electron chi connectivity index (χ3n) is 4.64. The minimum Gasteiger partial charge on any atom is -0.356 e. The Morgan fingerprint density at radius 3 is 2.06 bits per heavy atom. The molecule has 1 rings (SSSR count). The molecular formula is C14H26INO. The molecule has 17 heavy (non-hydrogen) atoms. The summed E-state index contributed by atoms with van der Waals surface area (Å²) in [6.07, 6.45) is 4.95. The quantitative estimate of drug-likeness (QED) is 0.422. The Hall–Kier alpha value is 0.200. The number of nitrogens with one attached hydrogen (secondary N) is 1. The molecule has 0 radical (unpaired) electrons. The normalized spacial score (nSPS) is 21.2. The molecule has 0 aromatic carbocycles.